The number of nitrogens with zero attached hydrogens (tertiary/aromatic N) is 1. The standard InChI is InChI=1S/C24H14Cl4N2O4/c25-12-4-7-19(18(28)8-12)32-11-21(31)33-13-5-6-14-20(9-13)34-24(30)15(10-29)22(14)23-16(26)2-1-3-17(23)27/h1-9,22H,11,30H2. The van der Waals surface area contributed by atoms with E-state index in [2.05, 4.69) is 6.07 Å². The van der Waals surface area contributed by atoms with Crippen LogP contribution in [0.3, 0.4) is 0 Å². The van der Waals surface area contributed by atoms with Crippen molar-refractivity contribution in [1.82, 2.24) is 0 Å². The van der Waals surface area contributed by atoms with Gasteiger partial charge in [-0.2, -0.15) is 5.26 Å². The number of nitrogens with two attached hydrogens (primary N) is 1. The zero-order valence-corrected chi connectivity index (χ0v) is 20.2. The first kappa shape index (κ1) is 24.1. The van der Waals surface area contributed by atoms with E-state index in [1.165, 1.54) is 12.1 Å². The minimum Gasteiger partial charge on any atom is -0.480 e. The number of rotatable bonds is 5. The van der Waals surface area contributed by atoms with Gasteiger partial charge in [-0.3, -0.25) is 0 Å². The lowest BCUT2D eigenvalue weighted by Crippen LogP contribution is -2.22. The molecule has 2 N–H and O–H groups in total. The number of hydrogen-bond acceptors (Lipinski definition) is 6. The lowest BCUT2D eigenvalue weighted by atomic mass is 9.83. The molecule has 4 rings (SSSR count). The van der Waals surface area contributed by atoms with Crippen LogP contribution in [0.2, 0.25) is 20.1 Å². The maximum Gasteiger partial charge on any atom is 0.349 e. The molecule has 0 amide bonds. The van der Waals surface area contributed by atoms with E-state index in [0.29, 0.717) is 31.9 Å². The van der Waals surface area contributed by atoms with Gasteiger partial charge in [-0.15, -0.1) is 0 Å². The summed E-state index contributed by atoms with van der Waals surface area (Å²) in [5.74, 6) is -0.654. The Bertz CT molecular complexity index is 1350. The summed E-state index contributed by atoms with van der Waals surface area (Å²) in [5, 5.41) is 11.2. The third-order valence-electron chi connectivity index (χ3n) is 4.95. The lowest BCUT2D eigenvalue weighted by molar-refractivity contribution is -0.136. The van der Waals surface area contributed by atoms with E-state index in [4.69, 9.17) is 66.3 Å². The Morgan fingerprint density at radius 3 is 2.44 bits per heavy atom. The molecule has 1 unspecified atom stereocenters. The molecule has 1 aliphatic rings. The molecule has 1 atom stereocenters. The summed E-state index contributed by atoms with van der Waals surface area (Å²) in [6.07, 6.45) is 0. The average Bonchev–Trinajstić information content (AvgIpc) is 2.78. The van der Waals surface area contributed by atoms with Crippen molar-refractivity contribution in [2.75, 3.05) is 6.61 Å². The van der Waals surface area contributed by atoms with Crippen molar-refractivity contribution >= 4 is 52.4 Å². The molecule has 1 aliphatic heterocycles. The quantitative estimate of drug-likeness (QED) is 0.296. The van der Waals surface area contributed by atoms with Gasteiger partial charge in [-0.05, 0) is 36.4 Å². The molecule has 0 aromatic heterocycles. The summed E-state index contributed by atoms with van der Waals surface area (Å²) < 4.78 is 16.4. The minimum absolute atomic E-state index is 0.0971. The van der Waals surface area contributed by atoms with Crippen LogP contribution in [0.5, 0.6) is 17.2 Å². The zero-order chi connectivity index (χ0) is 24.4. The monoisotopic (exact) mass is 534 g/mol. The molecule has 0 fully saturated rings. The summed E-state index contributed by atoms with van der Waals surface area (Å²) in [5.41, 5.74) is 7.30. The number of benzene rings is 3. The van der Waals surface area contributed by atoms with Gasteiger partial charge in [0.1, 0.15) is 28.9 Å². The van der Waals surface area contributed by atoms with E-state index in [9.17, 15) is 10.1 Å². The number of esters is 1. The number of hydrogen-bond donors (Lipinski definition) is 1. The maximum absolute atomic E-state index is 12.3. The van der Waals surface area contributed by atoms with E-state index in [-0.39, 0.29) is 28.0 Å². The van der Waals surface area contributed by atoms with Crippen molar-refractivity contribution < 1.29 is 19.0 Å². The maximum atomic E-state index is 12.3. The van der Waals surface area contributed by atoms with Crippen molar-refractivity contribution in [3.63, 3.8) is 0 Å². The van der Waals surface area contributed by atoms with E-state index in [1.807, 2.05) is 0 Å². The summed E-state index contributed by atoms with van der Waals surface area (Å²) in [6, 6.07) is 16.5. The fourth-order valence-corrected chi connectivity index (χ4v) is 4.55. The Labute approximate surface area is 214 Å². The van der Waals surface area contributed by atoms with E-state index >= 15 is 0 Å². The SMILES string of the molecule is N#CC1=C(N)Oc2cc(OC(=O)COc3ccc(Cl)cc3Cl)ccc2C1c1c(Cl)cccc1Cl. The Hall–Kier alpha value is -3.08. The second-order valence-corrected chi connectivity index (χ2v) is 8.76. The van der Waals surface area contributed by atoms with E-state index in [0.717, 1.165) is 0 Å². The van der Waals surface area contributed by atoms with Crippen LogP contribution in [-0.2, 0) is 4.79 Å². The second kappa shape index (κ2) is 10.0. The minimum atomic E-state index is -0.672. The number of fused-ring (bicyclic) bond motifs is 1. The van der Waals surface area contributed by atoms with Crippen LogP contribution in [0.15, 0.2) is 66.1 Å². The van der Waals surface area contributed by atoms with Gasteiger partial charge in [0.15, 0.2) is 6.61 Å². The Morgan fingerprint density at radius 2 is 1.76 bits per heavy atom. The third kappa shape index (κ3) is 4.89. The average molecular weight is 536 g/mol. The van der Waals surface area contributed by atoms with Crippen molar-refractivity contribution in [2.45, 2.75) is 5.92 Å². The van der Waals surface area contributed by atoms with Crippen LogP contribution in [0.1, 0.15) is 17.0 Å². The first-order valence-corrected chi connectivity index (χ1v) is 11.2. The number of carbonyl (C=O) groups is 1. The van der Waals surface area contributed by atoms with Crippen LogP contribution in [0.4, 0.5) is 0 Å². The fourth-order valence-electron chi connectivity index (χ4n) is 3.47. The Kier molecular flexibility index (Phi) is 7.11. The van der Waals surface area contributed by atoms with Crippen LogP contribution < -0.4 is 19.9 Å². The predicted molar refractivity (Wildman–Crippen MR) is 130 cm³/mol. The topological polar surface area (TPSA) is 94.6 Å². The van der Waals surface area contributed by atoms with Gasteiger partial charge in [0.05, 0.1) is 10.9 Å². The number of ether oxygens (including phenoxy) is 3. The summed E-state index contributed by atoms with van der Waals surface area (Å²) in [7, 11) is 0. The molecule has 1 heterocycles. The Morgan fingerprint density at radius 1 is 1.03 bits per heavy atom. The molecule has 6 nitrogen and oxygen atoms in total. The molecule has 0 radical (unpaired) electrons. The first-order valence-electron chi connectivity index (χ1n) is 9.72. The molecule has 0 spiro atoms. The van der Waals surface area contributed by atoms with Gasteiger partial charge >= 0.3 is 5.97 Å². The molecule has 0 aliphatic carbocycles. The van der Waals surface area contributed by atoms with Crippen LogP contribution >= 0.6 is 46.4 Å². The summed E-state index contributed by atoms with van der Waals surface area (Å²) in [6.45, 7) is -0.391. The van der Waals surface area contributed by atoms with Crippen molar-refractivity contribution in [2.24, 2.45) is 5.73 Å². The molecular formula is C24H14Cl4N2O4. The van der Waals surface area contributed by atoms with Crippen LogP contribution in [0, 0.1) is 11.3 Å². The molecular weight excluding hydrogens is 522 g/mol. The number of carbonyl (C=O) groups excluding carboxylic acids is 1. The van der Waals surface area contributed by atoms with Crippen molar-refractivity contribution in [1.29, 1.82) is 5.26 Å². The van der Waals surface area contributed by atoms with E-state index < -0.39 is 18.5 Å². The van der Waals surface area contributed by atoms with Gasteiger partial charge in [-0.25, -0.2) is 4.79 Å². The number of halogens is 4. The molecule has 10 heteroatoms. The fraction of sp³-hybridized carbons (Fsp3) is 0.0833. The van der Waals surface area contributed by atoms with Gasteiger partial charge in [0.2, 0.25) is 5.88 Å². The van der Waals surface area contributed by atoms with Gasteiger partial charge < -0.3 is 19.9 Å². The number of nitriles is 1. The molecule has 0 saturated carbocycles. The second-order valence-electron chi connectivity index (χ2n) is 7.10. The van der Waals surface area contributed by atoms with Gasteiger partial charge in [0, 0.05) is 32.3 Å². The molecule has 0 bridgehead atoms. The largest absolute Gasteiger partial charge is 0.480 e. The highest BCUT2D eigenvalue weighted by atomic mass is 35.5. The molecule has 3 aromatic rings. The molecule has 0 saturated heterocycles. The highest BCUT2D eigenvalue weighted by Crippen LogP contribution is 2.47. The van der Waals surface area contributed by atoms with Gasteiger partial charge in [-0.1, -0.05) is 58.5 Å². The zero-order valence-electron chi connectivity index (χ0n) is 17.2. The lowest BCUT2D eigenvalue weighted by Gasteiger charge is -2.27. The normalized spacial score (nSPS) is 14.6. The van der Waals surface area contributed by atoms with Gasteiger partial charge in [0.25, 0.3) is 0 Å². The van der Waals surface area contributed by atoms with Crippen LogP contribution in [0.25, 0.3) is 0 Å². The molecule has 3 aromatic carbocycles. The molecule has 172 valence electrons. The van der Waals surface area contributed by atoms with E-state index in [1.54, 1.807) is 42.5 Å². The highest BCUT2D eigenvalue weighted by molar-refractivity contribution is 6.36. The predicted octanol–water partition coefficient (Wildman–Crippen LogP) is 6.50. The third-order valence-corrected chi connectivity index (χ3v) is 6.14. The number of allylic oxidation sites excluding steroid dienone is 1. The molecule has 34 heavy (non-hydrogen) atoms. The summed E-state index contributed by atoms with van der Waals surface area (Å²) in [4.78, 5) is 12.3. The van der Waals surface area contributed by atoms with Crippen molar-refractivity contribution in [3.8, 4) is 23.3 Å². The smallest absolute Gasteiger partial charge is 0.349 e. The summed E-state index contributed by atoms with van der Waals surface area (Å²) >= 11 is 24.7. The highest BCUT2D eigenvalue weighted by Gasteiger charge is 2.33. The first-order chi connectivity index (χ1) is 16.3. The van der Waals surface area contributed by atoms with Crippen LogP contribution in [-0.4, -0.2) is 12.6 Å². The van der Waals surface area contributed by atoms with Crippen molar-refractivity contribution in [3.05, 3.63) is 97.3 Å². The Balaban J connectivity index is 1.58.